The minimum absolute atomic E-state index is 0.0819. The van der Waals surface area contributed by atoms with Crippen LogP contribution in [0.2, 0.25) is 0 Å². The van der Waals surface area contributed by atoms with E-state index in [4.69, 9.17) is 4.74 Å². The Morgan fingerprint density at radius 1 is 1.30 bits per heavy atom. The molecule has 0 aromatic heterocycles. The molecule has 2 N–H and O–H groups in total. The summed E-state index contributed by atoms with van der Waals surface area (Å²) in [7, 11) is 0. The van der Waals surface area contributed by atoms with Gasteiger partial charge in [-0.25, -0.2) is 0 Å². The first-order valence-electron chi connectivity index (χ1n) is 11.0. The third-order valence-corrected chi connectivity index (χ3v) is 7.94. The van der Waals surface area contributed by atoms with E-state index in [0.717, 1.165) is 32.2 Å². The Bertz CT molecular complexity index is 640. The second kappa shape index (κ2) is 7.71. The van der Waals surface area contributed by atoms with Gasteiger partial charge in [0.25, 0.3) is 0 Å². The van der Waals surface area contributed by atoms with Gasteiger partial charge in [-0.1, -0.05) is 37.1 Å². The summed E-state index contributed by atoms with van der Waals surface area (Å²) >= 11 is 0. The molecule has 27 heavy (non-hydrogen) atoms. The van der Waals surface area contributed by atoms with E-state index < -0.39 is 6.10 Å². The van der Waals surface area contributed by atoms with Crippen LogP contribution in [0.25, 0.3) is 0 Å². The van der Waals surface area contributed by atoms with Crippen molar-refractivity contribution < 1.29 is 14.6 Å². The number of rotatable bonds is 5. The molecule has 0 bridgehead atoms. The summed E-state index contributed by atoms with van der Waals surface area (Å²) in [6.45, 7) is 5.97. The predicted molar refractivity (Wildman–Crippen MR) is 106 cm³/mol. The zero-order chi connectivity index (χ0) is 19.0. The van der Waals surface area contributed by atoms with Crippen molar-refractivity contribution in [3.05, 3.63) is 23.3 Å². The summed E-state index contributed by atoms with van der Waals surface area (Å²) in [6, 6.07) is 0. The van der Waals surface area contributed by atoms with Crippen molar-refractivity contribution in [1.82, 2.24) is 5.32 Å². The third kappa shape index (κ3) is 3.40. The molecule has 6 atom stereocenters. The van der Waals surface area contributed by atoms with Crippen LogP contribution in [0, 0.1) is 23.2 Å². The number of allylic oxidation sites excluding steroid dienone is 2. The minimum Gasteiger partial charge on any atom is -0.461 e. The van der Waals surface area contributed by atoms with Gasteiger partial charge in [-0.15, -0.1) is 0 Å². The molecule has 150 valence electrons. The van der Waals surface area contributed by atoms with Gasteiger partial charge in [0.05, 0.1) is 12.0 Å². The van der Waals surface area contributed by atoms with Crippen LogP contribution >= 0.6 is 0 Å². The van der Waals surface area contributed by atoms with E-state index in [1.165, 1.54) is 31.3 Å². The Morgan fingerprint density at radius 2 is 2.15 bits per heavy atom. The zero-order valence-electron chi connectivity index (χ0n) is 16.9. The van der Waals surface area contributed by atoms with Crippen LogP contribution in [-0.2, 0) is 9.53 Å². The lowest BCUT2D eigenvalue weighted by Crippen LogP contribution is -2.54. The number of ether oxygens (including phenoxy) is 1. The van der Waals surface area contributed by atoms with Crippen molar-refractivity contribution in [2.45, 2.75) is 77.4 Å². The lowest BCUT2D eigenvalue weighted by molar-refractivity contribution is -0.144. The van der Waals surface area contributed by atoms with Gasteiger partial charge in [-0.3, -0.25) is 4.79 Å². The highest BCUT2D eigenvalue weighted by atomic mass is 16.6. The fraction of sp³-hybridized carbons (Fsp3) is 0.783. The van der Waals surface area contributed by atoms with E-state index in [-0.39, 0.29) is 29.3 Å². The van der Waals surface area contributed by atoms with Gasteiger partial charge in [-0.05, 0) is 57.4 Å². The molecule has 0 spiro atoms. The molecule has 4 rings (SSSR count). The number of esters is 1. The average Bonchev–Trinajstić information content (AvgIpc) is 2.98. The number of carbonyl (C=O) groups is 1. The number of aliphatic hydroxyl groups is 1. The molecular weight excluding hydrogens is 338 g/mol. The quantitative estimate of drug-likeness (QED) is 0.438. The molecule has 4 heteroatoms. The summed E-state index contributed by atoms with van der Waals surface area (Å²) in [5.41, 5.74) is 2.65. The Labute approximate surface area is 163 Å². The van der Waals surface area contributed by atoms with Crippen LogP contribution in [0.15, 0.2) is 23.3 Å². The van der Waals surface area contributed by atoms with E-state index in [1.807, 2.05) is 0 Å². The van der Waals surface area contributed by atoms with Crippen molar-refractivity contribution in [3.63, 3.8) is 0 Å². The highest BCUT2D eigenvalue weighted by Gasteiger charge is 2.59. The molecule has 2 fully saturated rings. The van der Waals surface area contributed by atoms with Crippen LogP contribution in [0.4, 0.5) is 0 Å². The van der Waals surface area contributed by atoms with Crippen molar-refractivity contribution >= 4 is 5.97 Å². The topological polar surface area (TPSA) is 58.6 Å². The number of fused-ring (bicyclic) bond motifs is 2. The summed E-state index contributed by atoms with van der Waals surface area (Å²) < 4.78 is 5.73. The Hall–Kier alpha value is -1.13. The van der Waals surface area contributed by atoms with Crippen LogP contribution in [-0.4, -0.2) is 36.4 Å². The lowest BCUT2D eigenvalue weighted by Gasteiger charge is -2.51. The molecule has 0 radical (unpaired) electrons. The molecule has 4 nitrogen and oxygen atoms in total. The first kappa shape index (κ1) is 19.2. The van der Waals surface area contributed by atoms with E-state index in [2.05, 4.69) is 31.3 Å². The Balaban J connectivity index is 1.40. The maximum atomic E-state index is 12.6. The number of hydrogen-bond donors (Lipinski definition) is 2. The monoisotopic (exact) mass is 373 g/mol. The molecule has 4 aliphatic rings. The maximum absolute atomic E-state index is 12.6. The molecule has 1 heterocycles. The Morgan fingerprint density at radius 3 is 2.93 bits per heavy atom. The molecule has 1 aliphatic heterocycles. The number of nitrogens with one attached hydrogen (secondary N) is 1. The summed E-state index contributed by atoms with van der Waals surface area (Å²) in [5, 5.41) is 14.8. The van der Waals surface area contributed by atoms with E-state index >= 15 is 0 Å². The van der Waals surface area contributed by atoms with Crippen molar-refractivity contribution in [1.29, 1.82) is 0 Å². The van der Waals surface area contributed by atoms with Gasteiger partial charge < -0.3 is 15.2 Å². The lowest BCUT2D eigenvalue weighted by atomic mass is 9.55. The SMILES string of the molecule is C[C@H]1CCC=C2C[C@H]3OC(=O)[C@@H](CNCCC4=CCCCC4)[C@H]3[C@H](O)[C@@]21C. The molecule has 1 saturated heterocycles. The van der Waals surface area contributed by atoms with E-state index in [1.54, 1.807) is 5.57 Å². The second-order valence-corrected chi connectivity index (χ2v) is 9.36. The van der Waals surface area contributed by atoms with Crippen LogP contribution in [0.1, 0.15) is 65.2 Å². The molecule has 0 aromatic rings. The third-order valence-electron chi connectivity index (χ3n) is 7.94. The second-order valence-electron chi connectivity index (χ2n) is 9.36. The largest absolute Gasteiger partial charge is 0.461 e. The van der Waals surface area contributed by atoms with Crippen molar-refractivity contribution in [2.24, 2.45) is 23.2 Å². The average molecular weight is 374 g/mol. The fourth-order valence-electron chi connectivity index (χ4n) is 5.94. The number of aliphatic hydroxyl groups excluding tert-OH is 1. The van der Waals surface area contributed by atoms with Gasteiger partial charge in [0.15, 0.2) is 0 Å². The minimum atomic E-state index is -0.503. The smallest absolute Gasteiger partial charge is 0.311 e. The summed E-state index contributed by atoms with van der Waals surface area (Å²) in [4.78, 5) is 12.6. The number of hydrogen-bond acceptors (Lipinski definition) is 4. The maximum Gasteiger partial charge on any atom is 0.311 e. The highest BCUT2D eigenvalue weighted by Crippen LogP contribution is 2.55. The standard InChI is InChI=1S/C23H35NO3/c1-15-7-6-10-17-13-19-20(21(25)23(15,17)2)18(22(26)27-19)14-24-12-11-16-8-4-3-5-9-16/h8,10,15,18-21,24-25H,3-7,9,11-14H2,1-2H3/t15-,18-,19+,20+,21-,23+/m0/s1. The van der Waals surface area contributed by atoms with Gasteiger partial charge in [0, 0.05) is 24.3 Å². The van der Waals surface area contributed by atoms with Gasteiger partial charge in [0.2, 0.25) is 0 Å². The van der Waals surface area contributed by atoms with Gasteiger partial charge in [0.1, 0.15) is 6.10 Å². The molecule has 0 unspecified atom stereocenters. The zero-order valence-corrected chi connectivity index (χ0v) is 16.9. The van der Waals surface area contributed by atoms with Gasteiger partial charge >= 0.3 is 5.97 Å². The van der Waals surface area contributed by atoms with E-state index in [9.17, 15) is 9.90 Å². The van der Waals surface area contributed by atoms with Crippen LogP contribution in [0.3, 0.4) is 0 Å². The van der Waals surface area contributed by atoms with Crippen LogP contribution < -0.4 is 5.32 Å². The molecular formula is C23H35NO3. The van der Waals surface area contributed by atoms with Crippen molar-refractivity contribution in [3.8, 4) is 0 Å². The first-order chi connectivity index (χ1) is 13.0. The normalized spacial score (nSPS) is 41.3. The highest BCUT2D eigenvalue weighted by molar-refractivity contribution is 5.76. The fourth-order valence-corrected chi connectivity index (χ4v) is 5.94. The molecule has 0 aromatic carbocycles. The van der Waals surface area contributed by atoms with Crippen molar-refractivity contribution in [2.75, 3.05) is 13.1 Å². The summed E-state index contributed by atoms with van der Waals surface area (Å²) in [5.74, 6) is 0.0133. The Kier molecular flexibility index (Phi) is 5.48. The molecule has 1 saturated carbocycles. The van der Waals surface area contributed by atoms with Crippen LogP contribution in [0.5, 0.6) is 0 Å². The first-order valence-corrected chi connectivity index (χ1v) is 11.0. The van der Waals surface area contributed by atoms with E-state index in [0.29, 0.717) is 12.5 Å². The van der Waals surface area contributed by atoms with Gasteiger partial charge in [-0.2, -0.15) is 0 Å². The molecule has 0 amide bonds. The molecule has 3 aliphatic carbocycles. The summed E-state index contributed by atoms with van der Waals surface area (Å²) in [6.07, 6.45) is 13.1. The predicted octanol–water partition coefficient (Wildman–Crippen LogP) is 3.75. The number of carbonyl (C=O) groups excluding carboxylic acids is 1.